The van der Waals surface area contributed by atoms with Gasteiger partial charge in [0, 0.05) is 39.2 Å². The van der Waals surface area contributed by atoms with Gasteiger partial charge in [0.2, 0.25) is 0 Å². The molecule has 0 radical (unpaired) electrons. The summed E-state index contributed by atoms with van der Waals surface area (Å²) in [6.45, 7) is 0. The lowest BCUT2D eigenvalue weighted by molar-refractivity contribution is 1.07. The molecule has 0 spiro atoms. The Morgan fingerprint density at radius 3 is 1.58 bits per heavy atom. The van der Waals surface area contributed by atoms with Crippen molar-refractivity contribution in [1.82, 2.24) is 24.5 Å². The molecule has 0 aliphatic heterocycles. The predicted octanol–water partition coefficient (Wildman–Crippen LogP) is 12.3. The van der Waals surface area contributed by atoms with Crippen LogP contribution in [0.5, 0.6) is 0 Å². The number of hydrogen-bond acceptors (Lipinski definition) is 4. The third kappa shape index (κ3) is 4.94. The maximum absolute atomic E-state index is 5.12. The van der Waals surface area contributed by atoms with Crippen LogP contribution in [0.3, 0.4) is 0 Å². The minimum absolute atomic E-state index is 0.626. The molecule has 256 valence electrons. The van der Waals surface area contributed by atoms with Crippen LogP contribution in [0.2, 0.25) is 0 Å². The molecule has 0 unspecified atom stereocenters. The van der Waals surface area contributed by atoms with E-state index in [2.05, 4.69) is 120 Å². The summed E-state index contributed by atoms with van der Waals surface area (Å²) in [6, 6.07) is 63.7. The molecular formula is C50H31N5. The average Bonchev–Trinajstić information content (AvgIpc) is 3.55. The summed E-state index contributed by atoms with van der Waals surface area (Å²) in [5, 5.41) is 3.35. The van der Waals surface area contributed by atoms with Gasteiger partial charge in [0.15, 0.2) is 17.5 Å². The zero-order chi connectivity index (χ0) is 36.3. The van der Waals surface area contributed by atoms with Crippen molar-refractivity contribution in [1.29, 1.82) is 0 Å². The van der Waals surface area contributed by atoms with Crippen molar-refractivity contribution in [3.63, 3.8) is 0 Å². The number of benzene rings is 7. The molecule has 5 nitrogen and oxygen atoms in total. The highest BCUT2D eigenvalue weighted by Crippen LogP contribution is 2.53. The van der Waals surface area contributed by atoms with Crippen molar-refractivity contribution in [3.05, 3.63) is 188 Å². The Morgan fingerprint density at radius 1 is 0.364 bits per heavy atom. The molecule has 0 N–H and O–H groups in total. The second-order valence-electron chi connectivity index (χ2n) is 13.8. The molecule has 55 heavy (non-hydrogen) atoms. The molecule has 0 amide bonds. The number of nitrogens with zero attached hydrogens (tertiary/aromatic N) is 5. The molecule has 0 fully saturated rings. The van der Waals surface area contributed by atoms with Gasteiger partial charge in [-0.05, 0) is 63.5 Å². The Balaban J connectivity index is 1.22. The molecule has 1 aliphatic carbocycles. The van der Waals surface area contributed by atoms with Crippen LogP contribution in [0.1, 0.15) is 0 Å². The van der Waals surface area contributed by atoms with E-state index < -0.39 is 0 Å². The second-order valence-corrected chi connectivity index (χ2v) is 13.8. The van der Waals surface area contributed by atoms with E-state index in [1.54, 1.807) is 0 Å². The van der Waals surface area contributed by atoms with Crippen LogP contribution in [0.4, 0.5) is 0 Å². The quantitative estimate of drug-likeness (QED) is 0.179. The smallest absolute Gasteiger partial charge is 0.164 e. The van der Waals surface area contributed by atoms with Crippen molar-refractivity contribution in [3.8, 4) is 84.6 Å². The Morgan fingerprint density at radius 2 is 0.909 bits per heavy atom. The van der Waals surface area contributed by atoms with Gasteiger partial charge in [0.25, 0.3) is 0 Å². The molecule has 3 aromatic heterocycles. The van der Waals surface area contributed by atoms with Gasteiger partial charge in [0.05, 0.1) is 22.6 Å². The minimum Gasteiger partial charge on any atom is -0.306 e. The van der Waals surface area contributed by atoms with Crippen LogP contribution in [0, 0.1) is 0 Å². The van der Waals surface area contributed by atoms with E-state index >= 15 is 0 Å². The average molecular weight is 702 g/mol. The van der Waals surface area contributed by atoms with Gasteiger partial charge in [-0.2, -0.15) is 0 Å². The van der Waals surface area contributed by atoms with Crippen LogP contribution in [0.15, 0.2) is 188 Å². The summed E-state index contributed by atoms with van der Waals surface area (Å²) >= 11 is 0. The fraction of sp³-hybridized carbons (Fsp3) is 0. The number of rotatable bonds is 5. The van der Waals surface area contributed by atoms with Gasteiger partial charge >= 0.3 is 0 Å². The Hall–Kier alpha value is -7.50. The van der Waals surface area contributed by atoms with E-state index in [1.165, 1.54) is 38.8 Å². The third-order valence-corrected chi connectivity index (χ3v) is 10.7. The molecule has 10 aromatic rings. The van der Waals surface area contributed by atoms with Crippen LogP contribution in [-0.4, -0.2) is 24.5 Å². The summed E-state index contributed by atoms with van der Waals surface area (Å²) in [4.78, 5) is 20.2. The topological polar surface area (TPSA) is 56.5 Å². The van der Waals surface area contributed by atoms with Crippen LogP contribution >= 0.6 is 0 Å². The fourth-order valence-electron chi connectivity index (χ4n) is 8.31. The summed E-state index contributed by atoms with van der Waals surface area (Å²) < 4.78 is 2.42. The van der Waals surface area contributed by atoms with Crippen LogP contribution < -0.4 is 0 Å². The van der Waals surface area contributed by atoms with Crippen molar-refractivity contribution in [2.45, 2.75) is 0 Å². The first-order valence-corrected chi connectivity index (χ1v) is 18.5. The standard InChI is InChI=1S/C50H31N5/c1-3-16-32(17-4-1)48-52-49(33-18-5-2-6-19-33)54-50(53-48)41-29-30-43(38-24-11-9-23-37(38)41)55-44-28-15-26-39-35-21-8-7-20-34(35)36-22-10-12-25-40(36)46(45(39)44)47(55)42-27-13-14-31-51-42/h1-31H. The van der Waals surface area contributed by atoms with Gasteiger partial charge in [-0.25, -0.2) is 15.0 Å². The van der Waals surface area contributed by atoms with E-state index in [0.717, 1.165) is 50.1 Å². The zero-order valence-electron chi connectivity index (χ0n) is 29.6. The molecule has 5 heteroatoms. The minimum atomic E-state index is 0.626. The molecule has 7 aromatic carbocycles. The Bertz CT molecular complexity index is 3020. The van der Waals surface area contributed by atoms with Gasteiger partial charge < -0.3 is 4.57 Å². The third-order valence-electron chi connectivity index (χ3n) is 10.7. The summed E-state index contributed by atoms with van der Waals surface area (Å²) in [7, 11) is 0. The molecule has 11 rings (SSSR count). The number of pyridine rings is 1. The van der Waals surface area contributed by atoms with E-state index in [-0.39, 0.29) is 0 Å². The maximum atomic E-state index is 5.12. The molecule has 3 heterocycles. The van der Waals surface area contributed by atoms with Gasteiger partial charge in [-0.15, -0.1) is 0 Å². The molecule has 1 aliphatic rings. The predicted molar refractivity (Wildman–Crippen MR) is 224 cm³/mol. The highest BCUT2D eigenvalue weighted by molar-refractivity contribution is 6.18. The lowest BCUT2D eigenvalue weighted by atomic mass is 9.93. The number of aromatic nitrogens is 5. The fourth-order valence-corrected chi connectivity index (χ4v) is 8.31. The highest BCUT2D eigenvalue weighted by atomic mass is 15.0. The van der Waals surface area contributed by atoms with Gasteiger partial charge in [0.1, 0.15) is 0 Å². The molecule has 0 saturated heterocycles. The molecule has 0 saturated carbocycles. The monoisotopic (exact) mass is 701 g/mol. The normalized spacial score (nSPS) is 11.6. The van der Waals surface area contributed by atoms with Gasteiger partial charge in [-0.1, -0.05) is 152 Å². The van der Waals surface area contributed by atoms with Crippen LogP contribution in [-0.2, 0) is 0 Å². The first kappa shape index (κ1) is 31.1. The van der Waals surface area contributed by atoms with Crippen molar-refractivity contribution in [2.24, 2.45) is 0 Å². The maximum Gasteiger partial charge on any atom is 0.164 e. The van der Waals surface area contributed by atoms with E-state index in [0.29, 0.717) is 17.5 Å². The lowest BCUT2D eigenvalue weighted by Crippen LogP contribution is -2.03. The summed E-state index contributed by atoms with van der Waals surface area (Å²) in [6.07, 6.45) is 1.89. The summed E-state index contributed by atoms with van der Waals surface area (Å²) in [5.74, 6) is 1.90. The van der Waals surface area contributed by atoms with E-state index in [9.17, 15) is 0 Å². The first-order chi connectivity index (χ1) is 27.3. The number of fused-ring (bicyclic) bond motifs is 6. The van der Waals surface area contributed by atoms with Crippen molar-refractivity contribution >= 4 is 21.7 Å². The number of hydrogen-bond donors (Lipinski definition) is 0. The molecule has 0 atom stereocenters. The van der Waals surface area contributed by atoms with Crippen molar-refractivity contribution in [2.75, 3.05) is 0 Å². The Kier molecular flexibility index (Phi) is 7.10. The van der Waals surface area contributed by atoms with Crippen molar-refractivity contribution < 1.29 is 0 Å². The molecule has 0 bridgehead atoms. The van der Waals surface area contributed by atoms with E-state index in [1.807, 2.05) is 72.9 Å². The molecular weight excluding hydrogens is 671 g/mol. The summed E-state index contributed by atoms with van der Waals surface area (Å²) in [5.41, 5.74) is 14.2. The Labute approximate surface area is 317 Å². The van der Waals surface area contributed by atoms with Crippen LogP contribution in [0.25, 0.3) is 106 Å². The van der Waals surface area contributed by atoms with Gasteiger partial charge in [-0.3, -0.25) is 4.98 Å². The first-order valence-electron chi connectivity index (χ1n) is 18.5. The second kappa shape index (κ2) is 12.6. The zero-order valence-corrected chi connectivity index (χ0v) is 29.6. The van der Waals surface area contributed by atoms with E-state index in [4.69, 9.17) is 19.9 Å². The lowest BCUT2D eigenvalue weighted by Gasteiger charge is -2.18. The highest BCUT2D eigenvalue weighted by Gasteiger charge is 2.30. The largest absolute Gasteiger partial charge is 0.306 e. The SMILES string of the molecule is c1ccc(-c2nc(-c3ccccc3)nc(-c3ccc(-n4c(-c5ccccn5)c5c6c(cccc64)-c4ccccc4-c4ccccc4-5)c4ccccc34)n2)cc1.